The van der Waals surface area contributed by atoms with E-state index in [0.717, 1.165) is 66.2 Å². The Morgan fingerprint density at radius 2 is 0.824 bits per heavy atom. The Kier molecular flexibility index (Phi) is 14.3. The smallest absolute Gasteiger partial charge is 0.119 e. The van der Waals surface area contributed by atoms with E-state index < -0.39 is 0 Å². The van der Waals surface area contributed by atoms with E-state index in [-0.39, 0.29) is 12.2 Å². The molecule has 4 aromatic rings. The Hall–Kier alpha value is -3.76. The summed E-state index contributed by atoms with van der Waals surface area (Å²) in [5.41, 5.74) is 6.97. The Morgan fingerprint density at radius 1 is 0.471 bits per heavy atom. The van der Waals surface area contributed by atoms with Crippen molar-refractivity contribution >= 4 is 0 Å². The Balaban J connectivity index is 0.814. The minimum atomic E-state index is 0.0174. The van der Waals surface area contributed by atoms with Crippen LogP contribution in [0, 0.1) is 0 Å². The Bertz CT molecular complexity index is 1430. The Labute approximate surface area is 302 Å². The SMILES string of the molecule is CC(OCCOCC1CO1)c1ccc(-c2ccc(OCCCCCOc3ccc(-c4ccc(C(C)OCCOCC5CO5)cc4)cc3)cc2)cc1. The van der Waals surface area contributed by atoms with E-state index >= 15 is 0 Å². The number of benzene rings is 4. The number of hydrogen-bond acceptors (Lipinski definition) is 8. The summed E-state index contributed by atoms with van der Waals surface area (Å²) in [6.45, 7) is 10.8. The molecule has 2 aliphatic heterocycles. The standard InChI is InChI=1S/C43H52O8/c1-32(46-26-24-44-28-42-30-50-42)34-6-10-36(11-7-34)38-14-18-40(19-15-38)48-22-4-3-5-23-49-41-20-16-39(17-21-41)37-12-8-35(9-13-37)33(2)47-27-25-45-29-43-31-51-43/h6-21,32-33,42-43H,3-5,22-31H2,1-2H3. The molecule has 0 bridgehead atoms. The van der Waals surface area contributed by atoms with Gasteiger partial charge in [-0.25, -0.2) is 0 Å². The van der Waals surface area contributed by atoms with Crippen LogP contribution in [0.15, 0.2) is 97.1 Å². The molecule has 2 saturated heterocycles. The van der Waals surface area contributed by atoms with E-state index in [1.165, 1.54) is 11.1 Å². The lowest BCUT2D eigenvalue weighted by Crippen LogP contribution is -2.10. The minimum absolute atomic E-state index is 0.0174. The van der Waals surface area contributed by atoms with Crippen LogP contribution in [0.4, 0.5) is 0 Å². The van der Waals surface area contributed by atoms with Crippen LogP contribution >= 0.6 is 0 Å². The summed E-state index contributed by atoms with van der Waals surface area (Å²) in [7, 11) is 0. The molecule has 4 aromatic carbocycles. The molecule has 2 aliphatic rings. The summed E-state index contributed by atoms with van der Waals surface area (Å²) < 4.78 is 45.3. The normalized spacial score (nSPS) is 17.5. The maximum atomic E-state index is 6.00. The first-order chi connectivity index (χ1) is 25.1. The van der Waals surface area contributed by atoms with Crippen LogP contribution in [0.1, 0.15) is 56.4 Å². The average Bonchev–Trinajstić information content (AvgIpc) is 4.12. The van der Waals surface area contributed by atoms with Crippen molar-refractivity contribution < 1.29 is 37.9 Å². The lowest BCUT2D eigenvalue weighted by molar-refractivity contribution is 0.00816. The molecule has 4 unspecified atom stereocenters. The maximum absolute atomic E-state index is 6.00. The maximum Gasteiger partial charge on any atom is 0.119 e. The summed E-state index contributed by atoms with van der Waals surface area (Å²) in [5.74, 6) is 1.78. The third-order valence-electron chi connectivity index (χ3n) is 9.06. The van der Waals surface area contributed by atoms with E-state index in [4.69, 9.17) is 37.9 Å². The van der Waals surface area contributed by atoms with Gasteiger partial charge < -0.3 is 37.9 Å². The highest BCUT2D eigenvalue weighted by Crippen LogP contribution is 2.27. The lowest BCUT2D eigenvalue weighted by Gasteiger charge is -2.14. The predicted molar refractivity (Wildman–Crippen MR) is 198 cm³/mol. The second kappa shape index (κ2) is 19.7. The molecule has 0 aromatic heterocycles. The fourth-order valence-corrected chi connectivity index (χ4v) is 5.66. The van der Waals surface area contributed by atoms with Crippen LogP contribution in [0.2, 0.25) is 0 Å². The zero-order valence-corrected chi connectivity index (χ0v) is 30.0. The highest BCUT2D eigenvalue weighted by molar-refractivity contribution is 5.65. The number of epoxide rings is 2. The van der Waals surface area contributed by atoms with Crippen molar-refractivity contribution in [3.63, 3.8) is 0 Å². The first-order valence-electron chi connectivity index (χ1n) is 18.4. The molecule has 0 amide bonds. The molecule has 0 saturated carbocycles. The van der Waals surface area contributed by atoms with Gasteiger partial charge in [-0.1, -0.05) is 72.8 Å². The molecule has 2 fully saturated rings. The summed E-state index contributed by atoms with van der Waals surface area (Å²) in [6.07, 6.45) is 3.63. The van der Waals surface area contributed by atoms with Gasteiger partial charge in [0.2, 0.25) is 0 Å². The summed E-state index contributed by atoms with van der Waals surface area (Å²) >= 11 is 0. The van der Waals surface area contributed by atoms with Crippen LogP contribution in [-0.2, 0) is 28.4 Å². The quantitative estimate of drug-likeness (QED) is 0.0532. The fourth-order valence-electron chi connectivity index (χ4n) is 5.66. The van der Waals surface area contributed by atoms with Crippen molar-refractivity contribution in [3.05, 3.63) is 108 Å². The third-order valence-corrected chi connectivity index (χ3v) is 9.06. The molecule has 8 heteroatoms. The summed E-state index contributed by atoms with van der Waals surface area (Å²) in [4.78, 5) is 0. The molecule has 4 atom stereocenters. The molecule has 51 heavy (non-hydrogen) atoms. The molecule has 2 heterocycles. The van der Waals surface area contributed by atoms with E-state index in [9.17, 15) is 0 Å². The predicted octanol–water partition coefficient (Wildman–Crippen LogP) is 8.63. The van der Waals surface area contributed by atoms with Gasteiger partial charge in [0, 0.05) is 0 Å². The van der Waals surface area contributed by atoms with Gasteiger partial charge in [0.15, 0.2) is 0 Å². The lowest BCUT2D eigenvalue weighted by atomic mass is 10.0. The molecule has 0 radical (unpaired) electrons. The van der Waals surface area contributed by atoms with Gasteiger partial charge in [-0.15, -0.1) is 0 Å². The third kappa shape index (κ3) is 12.8. The molecule has 8 nitrogen and oxygen atoms in total. The first-order valence-corrected chi connectivity index (χ1v) is 18.4. The summed E-state index contributed by atoms with van der Waals surface area (Å²) in [6, 6.07) is 33.7. The van der Waals surface area contributed by atoms with E-state index in [2.05, 4.69) is 86.6 Å². The monoisotopic (exact) mass is 696 g/mol. The van der Waals surface area contributed by atoms with Crippen LogP contribution < -0.4 is 9.47 Å². The van der Waals surface area contributed by atoms with Crippen molar-refractivity contribution in [2.75, 3.05) is 66.1 Å². The molecular formula is C43H52O8. The fraction of sp³-hybridized carbons (Fsp3) is 0.442. The number of hydrogen-bond donors (Lipinski definition) is 0. The second-order valence-corrected chi connectivity index (χ2v) is 13.1. The van der Waals surface area contributed by atoms with Gasteiger partial charge in [0.1, 0.15) is 23.7 Å². The molecule has 0 N–H and O–H groups in total. The summed E-state index contributed by atoms with van der Waals surface area (Å²) in [5, 5.41) is 0. The van der Waals surface area contributed by atoms with Gasteiger partial charge in [0.05, 0.1) is 78.3 Å². The van der Waals surface area contributed by atoms with E-state index in [1.54, 1.807) is 0 Å². The Morgan fingerprint density at radius 3 is 1.18 bits per heavy atom. The van der Waals surface area contributed by atoms with Crippen molar-refractivity contribution in [2.45, 2.75) is 57.5 Å². The molecule has 272 valence electrons. The zero-order chi connectivity index (χ0) is 35.1. The second-order valence-electron chi connectivity index (χ2n) is 13.1. The number of ether oxygens (including phenoxy) is 8. The molecular weight excluding hydrogens is 644 g/mol. The number of rotatable bonds is 24. The average molecular weight is 697 g/mol. The van der Waals surface area contributed by atoms with Crippen LogP contribution in [0.5, 0.6) is 11.5 Å². The number of unbranched alkanes of at least 4 members (excludes halogenated alkanes) is 2. The van der Waals surface area contributed by atoms with E-state index in [1.807, 2.05) is 24.3 Å². The van der Waals surface area contributed by atoms with Gasteiger partial charge in [-0.3, -0.25) is 0 Å². The van der Waals surface area contributed by atoms with Crippen LogP contribution in [0.25, 0.3) is 22.3 Å². The molecule has 0 spiro atoms. The minimum Gasteiger partial charge on any atom is -0.494 e. The van der Waals surface area contributed by atoms with Gasteiger partial charge in [0.25, 0.3) is 0 Å². The van der Waals surface area contributed by atoms with Crippen molar-refractivity contribution in [3.8, 4) is 33.8 Å². The van der Waals surface area contributed by atoms with Crippen molar-refractivity contribution in [2.24, 2.45) is 0 Å². The van der Waals surface area contributed by atoms with Crippen LogP contribution in [0.3, 0.4) is 0 Å². The highest BCUT2D eigenvalue weighted by atomic mass is 16.6. The van der Waals surface area contributed by atoms with Gasteiger partial charge in [-0.2, -0.15) is 0 Å². The van der Waals surface area contributed by atoms with Gasteiger partial charge in [-0.05, 0) is 90.8 Å². The van der Waals surface area contributed by atoms with Crippen molar-refractivity contribution in [1.29, 1.82) is 0 Å². The topological polar surface area (TPSA) is 80.4 Å². The zero-order valence-electron chi connectivity index (χ0n) is 30.0. The first kappa shape index (κ1) is 37.0. The van der Waals surface area contributed by atoms with Crippen molar-refractivity contribution in [1.82, 2.24) is 0 Å². The van der Waals surface area contributed by atoms with Crippen LogP contribution in [-0.4, -0.2) is 78.3 Å². The molecule has 6 rings (SSSR count). The highest BCUT2D eigenvalue weighted by Gasteiger charge is 2.22. The molecule has 0 aliphatic carbocycles. The largest absolute Gasteiger partial charge is 0.494 e. The van der Waals surface area contributed by atoms with E-state index in [0.29, 0.717) is 65.1 Å². The van der Waals surface area contributed by atoms with Gasteiger partial charge >= 0.3 is 0 Å².